The maximum atomic E-state index is 13.0. The van der Waals surface area contributed by atoms with E-state index in [2.05, 4.69) is 125 Å². The summed E-state index contributed by atoms with van der Waals surface area (Å²) in [7, 11) is -9.95. The van der Waals surface area contributed by atoms with E-state index in [-0.39, 0.29) is 25.7 Å². The zero-order chi connectivity index (χ0) is 69.0. The molecule has 0 radical (unpaired) electrons. The Morgan fingerprint density at radius 2 is 0.553 bits per heavy atom. The number of allylic oxidation sites excluding steroid dienone is 16. The van der Waals surface area contributed by atoms with E-state index < -0.39 is 97.5 Å². The third-order valence-corrected chi connectivity index (χ3v) is 16.9. The van der Waals surface area contributed by atoms with Crippen LogP contribution in [0.1, 0.15) is 297 Å². The summed E-state index contributed by atoms with van der Waals surface area (Å²) >= 11 is 0. The van der Waals surface area contributed by atoms with Crippen molar-refractivity contribution in [3.8, 4) is 0 Å². The number of aliphatic hydroxyl groups excluding tert-OH is 1. The van der Waals surface area contributed by atoms with E-state index in [0.29, 0.717) is 25.7 Å². The number of aliphatic hydroxyl groups is 1. The molecule has 542 valence electrons. The third kappa shape index (κ3) is 66.6. The molecule has 3 N–H and O–H groups in total. The molecule has 0 aromatic rings. The maximum absolute atomic E-state index is 13.0. The Morgan fingerprint density at radius 3 is 0.894 bits per heavy atom. The molecular formula is C75H130O17P2. The zero-order valence-corrected chi connectivity index (χ0v) is 60.7. The third-order valence-electron chi connectivity index (χ3n) is 15.0. The van der Waals surface area contributed by atoms with Gasteiger partial charge >= 0.3 is 39.5 Å². The van der Waals surface area contributed by atoms with Gasteiger partial charge in [0.2, 0.25) is 0 Å². The summed E-state index contributed by atoms with van der Waals surface area (Å²) in [4.78, 5) is 72.6. The van der Waals surface area contributed by atoms with E-state index in [9.17, 15) is 43.2 Å². The van der Waals surface area contributed by atoms with Crippen LogP contribution in [0, 0.1) is 0 Å². The van der Waals surface area contributed by atoms with Crippen molar-refractivity contribution >= 4 is 39.5 Å². The number of hydrogen-bond acceptors (Lipinski definition) is 15. The zero-order valence-electron chi connectivity index (χ0n) is 58.9. The predicted octanol–water partition coefficient (Wildman–Crippen LogP) is 20.4. The summed E-state index contributed by atoms with van der Waals surface area (Å²) in [5.74, 6) is -2.24. The first kappa shape index (κ1) is 90.0. The SMILES string of the molecule is CC/C=C\C/C=C\C/C=C\C/C=C\CCCCC(=O)OCC(COP(=O)(O)OCC(O)COP(=O)(O)OCC(COC(=O)CCCCCCC/C=C\CCCCCC)OC(=O)CCCCCCCCCCCCC)OC(=O)CCCCCCC/C=C\C/C=C\C/C=C\CC. The van der Waals surface area contributed by atoms with Gasteiger partial charge in [-0.25, -0.2) is 9.13 Å². The highest BCUT2D eigenvalue weighted by molar-refractivity contribution is 7.47. The van der Waals surface area contributed by atoms with Crippen LogP contribution in [0.4, 0.5) is 0 Å². The molecule has 0 aliphatic heterocycles. The average molecular weight is 1370 g/mol. The van der Waals surface area contributed by atoms with Gasteiger partial charge in [0.05, 0.1) is 26.4 Å². The largest absolute Gasteiger partial charge is 0.472 e. The molecular weight excluding hydrogens is 1230 g/mol. The summed E-state index contributed by atoms with van der Waals surface area (Å²) < 4.78 is 68.3. The second-order valence-electron chi connectivity index (χ2n) is 24.1. The summed E-state index contributed by atoms with van der Waals surface area (Å²) in [5, 5.41) is 10.6. The van der Waals surface area contributed by atoms with E-state index in [1.807, 2.05) is 0 Å². The number of carbonyl (C=O) groups excluding carboxylic acids is 4. The first-order valence-electron chi connectivity index (χ1n) is 36.5. The van der Waals surface area contributed by atoms with Gasteiger partial charge in [0.25, 0.3) is 0 Å². The molecule has 0 aliphatic rings. The highest BCUT2D eigenvalue weighted by atomic mass is 31.2. The van der Waals surface area contributed by atoms with Gasteiger partial charge in [-0.05, 0) is 122 Å². The summed E-state index contributed by atoms with van der Waals surface area (Å²) in [6.45, 7) is 4.55. The Labute approximate surface area is 569 Å². The lowest BCUT2D eigenvalue weighted by Gasteiger charge is -2.21. The number of rotatable bonds is 68. The second kappa shape index (κ2) is 67.5. The lowest BCUT2D eigenvalue weighted by molar-refractivity contribution is -0.161. The van der Waals surface area contributed by atoms with Crippen molar-refractivity contribution in [1.82, 2.24) is 0 Å². The van der Waals surface area contributed by atoms with Crippen LogP contribution in [0.15, 0.2) is 97.2 Å². The normalized spacial score (nSPS) is 14.6. The molecule has 0 heterocycles. The van der Waals surface area contributed by atoms with Crippen LogP contribution in [0.3, 0.4) is 0 Å². The fraction of sp³-hybridized carbons (Fsp3) is 0.733. The van der Waals surface area contributed by atoms with Crippen molar-refractivity contribution in [2.45, 2.75) is 316 Å². The smallest absolute Gasteiger partial charge is 0.462 e. The predicted molar refractivity (Wildman–Crippen MR) is 381 cm³/mol. The van der Waals surface area contributed by atoms with Crippen LogP contribution < -0.4 is 0 Å². The Hall–Kier alpha value is -4.02. The van der Waals surface area contributed by atoms with E-state index in [1.54, 1.807) is 0 Å². The quantitative estimate of drug-likeness (QED) is 0.0169. The molecule has 0 amide bonds. The number of phosphoric ester groups is 2. The number of phosphoric acid groups is 2. The Morgan fingerprint density at radius 1 is 0.309 bits per heavy atom. The molecule has 94 heavy (non-hydrogen) atoms. The van der Waals surface area contributed by atoms with E-state index >= 15 is 0 Å². The molecule has 0 saturated carbocycles. The summed E-state index contributed by atoms with van der Waals surface area (Å²) in [6.07, 6.45) is 68.4. The number of esters is 4. The standard InChI is InChI=1S/C75H130O17P2/c1-5-9-13-17-21-25-29-32-34-37-41-44-48-52-56-60-73(78)86-66-71(92-75(80)62-58-54-50-46-42-38-35-33-30-26-22-18-14-10-6-2)68-90-94(83,84)88-64-69(76)63-87-93(81,82)89-67-70(91-74(79)61-57-53-49-45-39-28-24-20-16-12-8-4)65-85-72(77)59-55-51-47-43-40-36-31-27-23-19-15-11-7-3/h9-10,13-14,21-22,25-27,31-35,41,44,69-71,76H,5-8,11-12,15-20,23-24,28-30,36-40,42-43,45-68H2,1-4H3,(H,81,82)(H,83,84)/b13-9-,14-10-,25-21-,26-22-,31-27-,34-32-,35-33-,44-41-. The van der Waals surface area contributed by atoms with E-state index in [0.717, 1.165) is 154 Å². The van der Waals surface area contributed by atoms with Gasteiger partial charge in [-0.1, -0.05) is 247 Å². The van der Waals surface area contributed by atoms with E-state index in [4.69, 9.17) is 37.0 Å². The van der Waals surface area contributed by atoms with Gasteiger partial charge in [0.1, 0.15) is 19.3 Å². The molecule has 0 aromatic heterocycles. The first-order valence-corrected chi connectivity index (χ1v) is 39.5. The van der Waals surface area contributed by atoms with Crippen molar-refractivity contribution in [2.24, 2.45) is 0 Å². The van der Waals surface area contributed by atoms with Crippen LogP contribution in [0.25, 0.3) is 0 Å². The minimum atomic E-state index is -4.98. The van der Waals surface area contributed by atoms with Crippen LogP contribution in [-0.2, 0) is 65.4 Å². The number of unbranched alkanes of at least 4 members (excludes halogenated alkanes) is 26. The molecule has 0 aromatic carbocycles. The highest BCUT2D eigenvalue weighted by Crippen LogP contribution is 2.45. The van der Waals surface area contributed by atoms with Gasteiger partial charge in [-0.15, -0.1) is 0 Å². The molecule has 0 spiro atoms. The number of ether oxygens (including phenoxy) is 4. The molecule has 19 heteroatoms. The lowest BCUT2D eigenvalue weighted by atomic mass is 10.1. The van der Waals surface area contributed by atoms with Crippen molar-refractivity contribution in [1.29, 1.82) is 0 Å². The Kier molecular flexibility index (Phi) is 64.7. The lowest BCUT2D eigenvalue weighted by Crippen LogP contribution is -2.30. The molecule has 0 saturated heterocycles. The van der Waals surface area contributed by atoms with Crippen molar-refractivity contribution in [3.63, 3.8) is 0 Å². The van der Waals surface area contributed by atoms with Crippen LogP contribution in [0.2, 0.25) is 0 Å². The molecule has 0 fully saturated rings. The highest BCUT2D eigenvalue weighted by Gasteiger charge is 2.30. The summed E-state index contributed by atoms with van der Waals surface area (Å²) in [5.41, 5.74) is 0. The van der Waals surface area contributed by atoms with Crippen molar-refractivity contribution in [2.75, 3.05) is 39.6 Å². The van der Waals surface area contributed by atoms with Crippen LogP contribution >= 0.6 is 15.6 Å². The number of carbonyl (C=O) groups is 4. The maximum Gasteiger partial charge on any atom is 0.472 e. The molecule has 0 bridgehead atoms. The van der Waals surface area contributed by atoms with E-state index in [1.165, 1.54) is 64.2 Å². The molecule has 0 aliphatic carbocycles. The van der Waals surface area contributed by atoms with Crippen molar-refractivity contribution in [3.05, 3.63) is 97.2 Å². The van der Waals surface area contributed by atoms with Gasteiger partial charge in [-0.3, -0.25) is 37.3 Å². The second-order valence-corrected chi connectivity index (χ2v) is 27.0. The monoisotopic (exact) mass is 1360 g/mol. The minimum absolute atomic E-state index is 0.0658. The fourth-order valence-corrected chi connectivity index (χ4v) is 11.1. The molecule has 17 nitrogen and oxygen atoms in total. The van der Waals surface area contributed by atoms with Gasteiger partial charge in [-0.2, -0.15) is 0 Å². The topological polar surface area (TPSA) is 237 Å². The fourth-order valence-electron chi connectivity index (χ4n) is 9.51. The van der Waals surface area contributed by atoms with Gasteiger partial charge in [0.15, 0.2) is 12.2 Å². The average Bonchev–Trinajstić information content (AvgIpc) is 1.36. The van der Waals surface area contributed by atoms with Gasteiger partial charge in [0, 0.05) is 25.7 Å². The molecule has 5 unspecified atom stereocenters. The Bertz CT molecular complexity index is 2170. The van der Waals surface area contributed by atoms with Crippen LogP contribution in [-0.4, -0.2) is 96.7 Å². The first-order chi connectivity index (χ1) is 45.7. The molecule has 5 atom stereocenters. The minimum Gasteiger partial charge on any atom is -0.462 e. The van der Waals surface area contributed by atoms with Crippen molar-refractivity contribution < 1.29 is 80.2 Å². The van der Waals surface area contributed by atoms with Gasteiger partial charge < -0.3 is 33.8 Å². The number of hydrogen-bond donors (Lipinski definition) is 3. The van der Waals surface area contributed by atoms with Crippen LogP contribution in [0.5, 0.6) is 0 Å². The summed E-state index contributed by atoms with van der Waals surface area (Å²) in [6, 6.07) is 0. The Balaban J connectivity index is 5.37. The molecule has 0 rings (SSSR count).